The lowest BCUT2D eigenvalue weighted by Crippen LogP contribution is -2.00. The zero-order valence-electron chi connectivity index (χ0n) is 10.4. The van der Waals surface area contributed by atoms with Gasteiger partial charge in [-0.15, -0.1) is 5.11 Å². The van der Waals surface area contributed by atoms with Crippen molar-refractivity contribution in [2.75, 3.05) is 12.5 Å². The van der Waals surface area contributed by atoms with Crippen LogP contribution >= 0.6 is 0 Å². The fraction of sp³-hybridized carbons (Fsp3) is 0.0714. The smallest absolute Gasteiger partial charge is 0.340 e. The number of methoxy groups -OCH3 is 1. The number of nitrogens with one attached hydrogen (secondary N) is 1. The van der Waals surface area contributed by atoms with Gasteiger partial charge in [-0.1, -0.05) is 35.6 Å². The molecule has 2 aromatic carbocycles. The van der Waals surface area contributed by atoms with E-state index in [1.165, 1.54) is 7.11 Å². The summed E-state index contributed by atoms with van der Waals surface area (Å²) in [6, 6.07) is 16.3. The number of benzene rings is 2. The summed E-state index contributed by atoms with van der Waals surface area (Å²) in [5, 5.41) is 7.84. The Morgan fingerprint density at radius 3 is 2.47 bits per heavy atom. The Hall–Kier alpha value is -2.69. The number of hydrogen-bond donors (Lipinski definition) is 1. The van der Waals surface area contributed by atoms with Gasteiger partial charge in [0, 0.05) is 0 Å². The van der Waals surface area contributed by atoms with Gasteiger partial charge in [-0.05, 0) is 24.3 Å². The maximum absolute atomic E-state index is 11.5. The summed E-state index contributed by atoms with van der Waals surface area (Å²) >= 11 is 0. The molecule has 0 unspecified atom stereocenters. The first-order valence-corrected chi connectivity index (χ1v) is 5.70. The molecule has 96 valence electrons. The largest absolute Gasteiger partial charge is 0.465 e. The minimum absolute atomic E-state index is 0.378. The quantitative estimate of drug-likeness (QED) is 0.516. The van der Waals surface area contributed by atoms with Crippen LogP contribution in [0.2, 0.25) is 0 Å². The van der Waals surface area contributed by atoms with Crippen LogP contribution in [0.15, 0.2) is 64.9 Å². The number of anilines is 1. The molecule has 5 nitrogen and oxygen atoms in total. The molecule has 0 fully saturated rings. The molecule has 1 N–H and O–H groups in total. The Bertz CT molecular complexity index is 582. The SMILES string of the molecule is COC(=O)c1ccccc1N=NNc1ccccc1. The number of nitrogens with zero attached hydrogens (tertiary/aromatic N) is 2. The highest BCUT2D eigenvalue weighted by atomic mass is 16.5. The highest BCUT2D eigenvalue weighted by Gasteiger charge is 2.09. The van der Waals surface area contributed by atoms with Gasteiger partial charge in [0.2, 0.25) is 0 Å². The molecule has 0 saturated carbocycles. The number of ether oxygens (including phenoxy) is 1. The third-order valence-corrected chi connectivity index (χ3v) is 2.42. The highest BCUT2D eigenvalue weighted by Crippen LogP contribution is 2.20. The summed E-state index contributed by atoms with van der Waals surface area (Å²) in [5.74, 6) is -0.436. The maximum atomic E-state index is 11.5. The van der Waals surface area contributed by atoms with Crippen molar-refractivity contribution in [2.45, 2.75) is 0 Å². The fourth-order valence-corrected chi connectivity index (χ4v) is 1.49. The number of carbonyl (C=O) groups excluding carboxylic acids is 1. The van der Waals surface area contributed by atoms with Crippen LogP contribution in [0.1, 0.15) is 10.4 Å². The number of para-hydroxylation sites is 1. The molecule has 2 aromatic rings. The van der Waals surface area contributed by atoms with Crippen LogP contribution in [-0.4, -0.2) is 13.1 Å². The van der Waals surface area contributed by atoms with E-state index in [1.54, 1.807) is 24.3 Å². The van der Waals surface area contributed by atoms with Gasteiger partial charge in [0.1, 0.15) is 5.69 Å². The van der Waals surface area contributed by atoms with Gasteiger partial charge < -0.3 is 4.74 Å². The van der Waals surface area contributed by atoms with Crippen molar-refractivity contribution in [3.05, 3.63) is 60.2 Å². The predicted octanol–water partition coefficient (Wildman–Crippen LogP) is 3.58. The Morgan fingerprint density at radius 1 is 1.05 bits per heavy atom. The normalized spacial score (nSPS) is 10.4. The summed E-state index contributed by atoms with van der Waals surface area (Å²) < 4.78 is 4.68. The zero-order chi connectivity index (χ0) is 13.5. The second-order valence-corrected chi connectivity index (χ2v) is 3.69. The van der Waals surface area contributed by atoms with Gasteiger partial charge in [-0.2, -0.15) is 0 Å². The molecule has 0 atom stereocenters. The minimum atomic E-state index is -0.436. The summed E-state index contributed by atoms with van der Waals surface area (Å²) in [6.45, 7) is 0. The third-order valence-electron chi connectivity index (χ3n) is 2.42. The topological polar surface area (TPSA) is 63.0 Å². The standard InChI is InChI=1S/C14H13N3O2/c1-19-14(18)12-9-5-6-10-13(12)16-17-15-11-7-3-2-4-8-11/h2-10H,1H3,(H,15,16). The van der Waals surface area contributed by atoms with Crippen molar-refractivity contribution in [2.24, 2.45) is 10.3 Å². The molecular formula is C14H13N3O2. The van der Waals surface area contributed by atoms with Crippen LogP contribution < -0.4 is 5.43 Å². The highest BCUT2D eigenvalue weighted by molar-refractivity contribution is 5.94. The number of hydrogen-bond acceptors (Lipinski definition) is 4. The first-order valence-electron chi connectivity index (χ1n) is 5.70. The van der Waals surface area contributed by atoms with Gasteiger partial charge in [-0.25, -0.2) is 4.79 Å². The van der Waals surface area contributed by atoms with Gasteiger partial charge in [-0.3, -0.25) is 5.43 Å². The third kappa shape index (κ3) is 3.38. The molecule has 0 radical (unpaired) electrons. The summed E-state index contributed by atoms with van der Waals surface area (Å²) in [6.07, 6.45) is 0. The van der Waals surface area contributed by atoms with Crippen molar-refractivity contribution in [1.29, 1.82) is 0 Å². The van der Waals surface area contributed by atoms with Crippen LogP contribution in [0, 0.1) is 0 Å². The molecule has 0 aliphatic heterocycles. The van der Waals surface area contributed by atoms with E-state index in [9.17, 15) is 4.79 Å². The fourth-order valence-electron chi connectivity index (χ4n) is 1.49. The molecule has 5 heteroatoms. The molecule has 0 spiro atoms. The van der Waals surface area contributed by atoms with Crippen LogP contribution in [0.5, 0.6) is 0 Å². The van der Waals surface area contributed by atoms with Crippen molar-refractivity contribution in [3.63, 3.8) is 0 Å². The van der Waals surface area contributed by atoms with Crippen LogP contribution in [0.4, 0.5) is 11.4 Å². The lowest BCUT2D eigenvalue weighted by Gasteiger charge is -2.02. The monoisotopic (exact) mass is 255 g/mol. The summed E-state index contributed by atoms with van der Waals surface area (Å²) in [4.78, 5) is 11.5. The zero-order valence-corrected chi connectivity index (χ0v) is 10.4. The lowest BCUT2D eigenvalue weighted by atomic mass is 10.2. The molecule has 0 aromatic heterocycles. The summed E-state index contributed by atoms with van der Waals surface area (Å²) in [7, 11) is 1.33. The molecule has 0 bridgehead atoms. The molecule has 0 aliphatic rings. The van der Waals surface area contributed by atoms with Crippen LogP contribution in [0.25, 0.3) is 0 Å². The number of carbonyl (C=O) groups is 1. The van der Waals surface area contributed by atoms with Crippen LogP contribution in [0.3, 0.4) is 0 Å². The molecule has 0 aliphatic carbocycles. The minimum Gasteiger partial charge on any atom is -0.465 e. The Balaban J connectivity index is 2.13. The van der Waals surface area contributed by atoms with E-state index in [4.69, 9.17) is 0 Å². The van der Waals surface area contributed by atoms with Crippen molar-refractivity contribution in [1.82, 2.24) is 0 Å². The maximum Gasteiger partial charge on any atom is 0.340 e. The second kappa shape index (κ2) is 6.30. The van der Waals surface area contributed by atoms with Gasteiger partial charge in [0.15, 0.2) is 0 Å². The molecule has 0 amide bonds. The van der Waals surface area contributed by atoms with Crippen molar-refractivity contribution in [3.8, 4) is 0 Å². The van der Waals surface area contributed by atoms with E-state index < -0.39 is 5.97 Å². The van der Waals surface area contributed by atoms with Gasteiger partial charge in [0.05, 0.1) is 18.4 Å². The Morgan fingerprint density at radius 2 is 1.74 bits per heavy atom. The molecule has 0 heterocycles. The second-order valence-electron chi connectivity index (χ2n) is 3.69. The van der Waals surface area contributed by atoms with Crippen molar-refractivity contribution < 1.29 is 9.53 Å². The molecular weight excluding hydrogens is 242 g/mol. The van der Waals surface area contributed by atoms with E-state index in [2.05, 4.69) is 20.5 Å². The van der Waals surface area contributed by atoms with E-state index in [0.29, 0.717) is 11.3 Å². The lowest BCUT2D eigenvalue weighted by molar-refractivity contribution is 0.0601. The van der Waals surface area contributed by atoms with Gasteiger partial charge in [0.25, 0.3) is 0 Å². The van der Waals surface area contributed by atoms with E-state index in [-0.39, 0.29) is 0 Å². The summed E-state index contributed by atoms with van der Waals surface area (Å²) in [5.41, 5.74) is 4.44. The van der Waals surface area contributed by atoms with Gasteiger partial charge >= 0.3 is 5.97 Å². The number of rotatable bonds is 4. The van der Waals surface area contributed by atoms with Crippen molar-refractivity contribution >= 4 is 17.3 Å². The first-order chi connectivity index (χ1) is 9.31. The first kappa shape index (κ1) is 12.8. The van der Waals surface area contributed by atoms with E-state index in [1.807, 2.05) is 30.3 Å². The average Bonchev–Trinajstić information content (AvgIpc) is 2.48. The van der Waals surface area contributed by atoms with Crippen LogP contribution in [-0.2, 0) is 4.74 Å². The molecule has 19 heavy (non-hydrogen) atoms. The molecule has 2 rings (SSSR count). The Kier molecular flexibility index (Phi) is 4.23. The van der Waals surface area contributed by atoms with E-state index in [0.717, 1.165) is 5.69 Å². The average molecular weight is 255 g/mol. The van der Waals surface area contributed by atoms with E-state index >= 15 is 0 Å². The number of esters is 1. The molecule has 0 saturated heterocycles. The Labute approximate surface area is 110 Å². The predicted molar refractivity (Wildman–Crippen MR) is 72.4 cm³/mol.